The highest BCUT2D eigenvalue weighted by molar-refractivity contribution is 7.99. The fourth-order valence-electron chi connectivity index (χ4n) is 4.51. The first-order valence-corrected chi connectivity index (χ1v) is 12.3. The topological polar surface area (TPSA) is 69.7 Å². The minimum absolute atomic E-state index is 0.178. The van der Waals surface area contributed by atoms with Crippen LogP contribution in [0.25, 0.3) is 0 Å². The molecule has 2 aliphatic rings. The number of amides is 4. The Hall–Kier alpha value is -3.58. The van der Waals surface area contributed by atoms with Crippen LogP contribution in [0.5, 0.6) is 0 Å². The number of nitrogens with zero attached hydrogens (tertiary/aromatic N) is 2. The van der Waals surface area contributed by atoms with Crippen LogP contribution in [-0.2, 0) is 16.0 Å². The van der Waals surface area contributed by atoms with Crippen LogP contribution in [-0.4, -0.2) is 41.1 Å². The number of imide groups is 1. The van der Waals surface area contributed by atoms with Crippen molar-refractivity contribution < 1.29 is 14.4 Å². The molecule has 0 aliphatic carbocycles. The van der Waals surface area contributed by atoms with Crippen molar-refractivity contribution in [3.63, 3.8) is 0 Å². The van der Waals surface area contributed by atoms with Gasteiger partial charge in [0.1, 0.15) is 12.6 Å². The molecule has 2 aliphatic heterocycles. The third-order valence-corrected chi connectivity index (χ3v) is 7.39. The standard InChI is InChI=1S/C27H25N3O3S/c31-25(17-29-26(32)21(28-27(29)33)16-15-19-9-3-1-4-10-19)30-22-13-7-8-14-24(22)34-18-23(30)20-11-5-2-6-12-20/h1-14,21,23H,15-18H2,(H,28,33)/t21-,23+/m0/s1. The van der Waals surface area contributed by atoms with E-state index in [4.69, 9.17) is 0 Å². The molecule has 0 unspecified atom stereocenters. The number of anilines is 1. The van der Waals surface area contributed by atoms with Crippen molar-refractivity contribution >= 4 is 35.3 Å². The summed E-state index contributed by atoms with van der Waals surface area (Å²) in [5, 5.41) is 2.76. The Labute approximate surface area is 202 Å². The van der Waals surface area contributed by atoms with Crippen LogP contribution in [0.1, 0.15) is 23.6 Å². The number of aryl methyl sites for hydroxylation is 1. The van der Waals surface area contributed by atoms with Crippen molar-refractivity contribution in [2.75, 3.05) is 17.2 Å². The highest BCUT2D eigenvalue weighted by atomic mass is 32.2. The van der Waals surface area contributed by atoms with E-state index < -0.39 is 12.1 Å². The van der Waals surface area contributed by atoms with Gasteiger partial charge in [-0.2, -0.15) is 0 Å². The summed E-state index contributed by atoms with van der Waals surface area (Å²) in [6.45, 7) is -0.283. The first kappa shape index (κ1) is 22.2. The largest absolute Gasteiger partial charge is 0.326 e. The second-order valence-corrected chi connectivity index (χ2v) is 9.48. The summed E-state index contributed by atoms with van der Waals surface area (Å²) < 4.78 is 0. The van der Waals surface area contributed by atoms with Gasteiger partial charge in [0.25, 0.3) is 5.91 Å². The quantitative estimate of drug-likeness (QED) is 0.541. The van der Waals surface area contributed by atoms with Crippen LogP contribution in [0.2, 0.25) is 0 Å². The Morgan fingerprint density at radius 1 is 0.912 bits per heavy atom. The van der Waals surface area contributed by atoms with Crippen LogP contribution >= 0.6 is 11.8 Å². The maximum absolute atomic E-state index is 13.6. The third kappa shape index (κ3) is 4.43. The zero-order chi connectivity index (χ0) is 23.5. The lowest BCUT2D eigenvalue weighted by atomic mass is 10.0. The molecule has 2 heterocycles. The lowest BCUT2D eigenvalue weighted by Crippen LogP contribution is -2.46. The number of benzene rings is 3. The van der Waals surface area contributed by atoms with Crippen molar-refractivity contribution in [3.8, 4) is 0 Å². The smallest absolute Gasteiger partial charge is 0.325 e. The van der Waals surface area contributed by atoms with Gasteiger partial charge in [-0.05, 0) is 36.1 Å². The molecular weight excluding hydrogens is 446 g/mol. The van der Waals surface area contributed by atoms with Crippen molar-refractivity contribution in [2.45, 2.75) is 29.8 Å². The molecule has 5 rings (SSSR count). The lowest BCUT2D eigenvalue weighted by molar-refractivity contribution is -0.131. The molecule has 4 amide bonds. The molecule has 3 aromatic rings. The number of hydrogen-bond donors (Lipinski definition) is 1. The number of urea groups is 1. The van der Waals surface area contributed by atoms with Gasteiger partial charge in [-0.25, -0.2) is 4.79 Å². The first-order valence-electron chi connectivity index (χ1n) is 11.4. The Bertz CT molecular complexity index is 1200. The van der Waals surface area contributed by atoms with E-state index >= 15 is 0 Å². The molecule has 1 saturated heterocycles. The number of thioether (sulfide) groups is 1. The number of nitrogens with one attached hydrogen (secondary N) is 1. The van der Waals surface area contributed by atoms with Gasteiger partial charge in [0.2, 0.25) is 5.91 Å². The number of carbonyl (C=O) groups excluding carboxylic acids is 3. The molecule has 3 aromatic carbocycles. The van der Waals surface area contributed by atoms with Gasteiger partial charge in [0.15, 0.2) is 0 Å². The Morgan fingerprint density at radius 2 is 1.59 bits per heavy atom. The van der Waals surface area contributed by atoms with Gasteiger partial charge in [-0.1, -0.05) is 72.8 Å². The van der Waals surface area contributed by atoms with Crippen molar-refractivity contribution in [1.29, 1.82) is 0 Å². The number of hydrogen-bond acceptors (Lipinski definition) is 4. The van der Waals surface area contributed by atoms with E-state index in [9.17, 15) is 14.4 Å². The highest BCUT2D eigenvalue weighted by Gasteiger charge is 2.41. The Balaban J connectivity index is 1.34. The molecular formula is C27H25N3O3S. The average molecular weight is 472 g/mol. The first-order chi connectivity index (χ1) is 16.6. The van der Waals surface area contributed by atoms with Crippen LogP contribution in [0, 0.1) is 0 Å². The molecule has 0 saturated carbocycles. The van der Waals surface area contributed by atoms with Gasteiger partial charge >= 0.3 is 6.03 Å². The van der Waals surface area contributed by atoms with Crippen LogP contribution in [0.3, 0.4) is 0 Å². The van der Waals surface area contributed by atoms with Gasteiger partial charge in [-0.3, -0.25) is 14.5 Å². The number of carbonyl (C=O) groups is 3. The van der Waals surface area contributed by atoms with Crippen molar-refractivity contribution in [2.24, 2.45) is 0 Å². The fraction of sp³-hybridized carbons (Fsp3) is 0.222. The summed E-state index contributed by atoms with van der Waals surface area (Å²) in [7, 11) is 0. The van der Waals surface area contributed by atoms with Gasteiger partial charge in [0, 0.05) is 10.6 Å². The predicted octanol–water partition coefficient (Wildman–Crippen LogP) is 4.42. The second kappa shape index (κ2) is 9.73. The SMILES string of the molecule is O=C1N[C@@H](CCc2ccccc2)C(=O)N1CC(=O)N1c2ccccc2SC[C@@H]1c1ccccc1. The fourth-order valence-corrected chi connectivity index (χ4v) is 5.68. The van der Waals surface area contributed by atoms with E-state index in [1.54, 1.807) is 16.7 Å². The van der Waals surface area contributed by atoms with E-state index in [2.05, 4.69) is 5.32 Å². The van der Waals surface area contributed by atoms with E-state index in [1.807, 2.05) is 84.9 Å². The normalized spacial score (nSPS) is 19.6. The Kier molecular flexibility index (Phi) is 6.36. The number of rotatable bonds is 6. The number of para-hydroxylation sites is 1. The number of fused-ring (bicyclic) bond motifs is 1. The molecule has 1 fully saturated rings. The minimum atomic E-state index is -0.616. The molecule has 7 heteroatoms. The molecule has 0 bridgehead atoms. The zero-order valence-electron chi connectivity index (χ0n) is 18.6. The molecule has 0 spiro atoms. The predicted molar refractivity (Wildman–Crippen MR) is 133 cm³/mol. The maximum atomic E-state index is 13.6. The van der Waals surface area contributed by atoms with Gasteiger partial charge in [0.05, 0.1) is 11.7 Å². The monoisotopic (exact) mass is 471 g/mol. The maximum Gasteiger partial charge on any atom is 0.325 e. The average Bonchev–Trinajstić information content (AvgIpc) is 3.15. The van der Waals surface area contributed by atoms with Crippen LogP contribution in [0.15, 0.2) is 89.8 Å². The van der Waals surface area contributed by atoms with Gasteiger partial charge in [-0.15, -0.1) is 11.8 Å². The van der Waals surface area contributed by atoms with Crippen molar-refractivity contribution in [1.82, 2.24) is 10.2 Å². The van der Waals surface area contributed by atoms with Crippen LogP contribution < -0.4 is 10.2 Å². The summed E-state index contributed by atoms with van der Waals surface area (Å²) in [5.74, 6) is 0.0890. The minimum Gasteiger partial charge on any atom is -0.326 e. The zero-order valence-corrected chi connectivity index (χ0v) is 19.4. The lowest BCUT2D eigenvalue weighted by Gasteiger charge is -2.37. The molecule has 172 valence electrons. The molecule has 6 nitrogen and oxygen atoms in total. The van der Waals surface area contributed by atoms with Gasteiger partial charge < -0.3 is 10.2 Å². The molecule has 1 N–H and O–H groups in total. The van der Waals surface area contributed by atoms with E-state index in [-0.39, 0.29) is 24.4 Å². The summed E-state index contributed by atoms with van der Waals surface area (Å²) >= 11 is 1.71. The Morgan fingerprint density at radius 3 is 2.35 bits per heavy atom. The highest BCUT2D eigenvalue weighted by Crippen LogP contribution is 2.43. The summed E-state index contributed by atoms with van der Waals surface area (Å²) in [6, 6.07) is 26.2. The van der Waals surface area contributed by atoms with E-state index in [0.717, 1.165) is 26.6 Å². The summed E-state index contributed by atoms with van der Waals surface area (Å²) in [4.78, 5) is 43.1. The van der Waals surface area contributed by atoms with E-state index in [1.165, 1.54) is 0 Å². The third-order valence-electron chi connectivity index (χ3n) is 6.25. The summed E-state index contributed by atoms with van der Waals surface area (Å²) in [6.07, 6.45) is 1.17. The van der Waals surface area contributed by atoms with Crippen LogP contribution in [0.4, 0.5) is 10.5 Å². The molecule has 0 radical (unpaired) electrons. The molecule has 2 atom stereocenters. The summed E-state index contributed by atoms with van der Waals surface area (Å²) in [5.41, 5.74) is 2.94. The molecule has 0 aromatic heterocycles. The second-order valence-electron chi connectivity index (χ2n) is 8.42. The molecule has 34 heavy (non-hydrogen) atoms. The van der Waals surface area contributed by atoms with E-state index in [0.29, 0.717) is 18.6 Å². The van der Waals surface area contributed by atoms with Crippen molar-refractivity contribution in [3.05, 3.63) is 96.1 Å².